The molecular weight excluding hydrogens is 408 g/mol. The van der Waals surface area contributed by atoms with Crippen LogP contribution in [0.1, 0.15) is 66.3 Å². The number of nitrogens with one attached hydrogen (secondary N) is 2. The van der Waals surface area contributed by atoms with Gasteiger partial charge in [-0.3, -0.25) is 9.59 Å². The second-order valence-corrected chi connectivity index (χ2v) is 8.41. The monoisotopic (exact) mass is 438 g/mol. The fourth-order valence-electron chi connectivity index (χ4n) is 2.95. The highest BCUT2D eigenvalue weighted by atomic mass is 16.6. The number of amides is 2. The van der Waals surface area contributed by atoms with Crippen molar-refractivity contribution < 1.29 is 23.9 Å². The highest BCUT2D eigenvalue weighted by Crippen LogP contribution is 2.12. The third-order valence-electron chi connectivity index (χ3n) is 4.54. The molecule has 170 valence electrons. The zero-order chi connectivity index (χ0) is 23.6. The first-order valence-corrected chi connectivity index (χ1v) is 10.6. The Balaban J connectivity index is 1.78. The van der Waals surface area contributed by atoms with Crippen molar-refractivity contribution in [3.63, 3.8) is 0 Å². The SMILES string of the molecule is CC(C)(C)OC(=O)NCCCC[C@@H](C=O)NC(=O)c1ccc(C(=O)c2ccccc2)cc1. The molecule has 0 saturated carbocycles. The maximum atomic E-state index is 12.5. The van der Waals surface area contributed by atoms with Crippen LogP contribution in [0.15, 0.2) is 54.6 Å². The lowest BCUT2D eigenvalue weighted by Gasteiger charge is -2.19. The first kappa shape index (κ1) is 24.8. The van der Waals surface area contributed by atoms with Crippen molar-refractivity contribution in [2.24, 2.45) is 0 Å². The van der Waals surface area contributed by atoms with Crippen LogP contribution in [0.3, 0.4) is 0 Å². The third-order valence-corrected chi connectivity index (χ3v) is 4.54. The van der Waals surface area contributed by atoms with Crippen molar-refractivity contribution in [3.8, 4) is 0 Å². The molecule has 7 heteroatoms. The standard InChI is InChI=1S/C25H30N2O5/c1-25(2,3)32-24(31)26-16-8-7-11-21(17-28)27-23(30)20-14-12-19(13-15-20)22(29)18-9-5-4-6-10-18/h4-6,9-10,12-15,17,21H,7-8,11,16H2,1-3H3,(H,26,31)(H,27,30)/t21-/m0/s1. The molecule has 0 unspecified atom stereocenters. The molecule has 7 nitrogen and oxygen atoms in total. The number of ether oxygens (including phenoxy) is 1. The van der Waals surface area contributed by atoms with E-state index in [9.17, 15) is 19.2 Å². The van der Waals surface area contributed by atoms with Crippen LogP contribution in [0.5, 0.6) is 0 Å². The van der Waals surface area contributed by atoms with Gasteiger partial charge in [-0.1, -0.05) is 42.5 Å². The van der Waals surface area contributed by atoms with E-state index in [1.165, 1.54) is 0 Å². The predicted octanol–water partition coefficient (Wildman–Crippen LogP) is 3.91. The summed E-state index contributed by atoms with van der Waals surface area (Å²) in [5.74, 6) is -0.504. The van der Waals surface area contributed by atoms with E-state index in [-0.39, 0.29) is 11.7 Å². The van der Waals surface area contributed by atoms with E-state index in [4.69, 9.17) is 4.74 Å². The van der Waals surface area contributed by atoms with Gasteiger partial charge in [0.2, 0.25) is 0 Å². The van der Waals surface area contributed by atoms with Crippen molar-refractivity contribution in [2.45, 2.75) is 51.7 Å². The number of carbonyl (C=O) groups excluding carboxylic acids is 4. The van der Waals surface area contributed by atoms with Gasteiger partial charge in [-0.15, -0.1) is 0 Å². The molecule has 0 heterocycles. The van der Waals surface area contributed by atoms with Gasteiger partial charge >= 0.3 is 6.09 Å². The molecule has 0 aromatic heterocycles. The van der Waals surface area contributed by atoms with E-state index >= 15 is 0 Å². The molecule has 0 fully saturated rings. The summed E-state index contributed by atoms with van der Waals surface area (Å²) >= 11 is 0. The Morgan fingerprint density at radius 3 is 2.09 bits per heavy atom. The van der Waals surface area contributed by atoms with Gasteiger partial charge in [0.05, 0.1) is 6.04 Å². The number of alkyl carbamates (subject to hydrolysis) is 1. The minimum absolute atomic E-state index is 0.122. The van der Waals surface area contributed by atoms with Gasteiger partial charge in [0.25, 0.3) is 5.91 Å². The molecule has 0 aliphatic rings. The van der Waals surface area contributed by atoms with Gasteiger partial charge in [0.1, 0.15) is 11.9 Å². The van der Waals surface area contributed by atoms with Gasteiger partial charge in [0, 0.05) is 23.2 Å². The summed E-state index contributed by atoms with van der Waals surface area (Å²) in [5.41, 5.74) is 0.876. The number of unbranched alkanes of at least 4 members (excludes halogenated alkanes) is 1. The van der Waals surface area contributed by atoms with Gasteiger partial charge in [0.15, 0.2) is 5.78 Å². The highest BCUT2D eigenvalue weighted by molar-refractivity contribution is 6.09. The number of carbonyl (C=O) groups is 4. The first-order valence-electron chi connectivity index (χ1n) is 10.6. The van der Waals surface area contributed by atoms with Crippen molar-refractivity contribution >= 4 is 24.1 Å². The van der Waals surface area contributed by atoms with E-state index < -0.39 is 17.7 Å². The zero-order valence-corrected chi connectivity index (χ0v) is 18.7. The normalized spacial score (nSPS) is 11.8. The Hall–Kier alpha value is -3.48. The number of hydrogen-bond donors (Lipinski definition) is 2. The maximum Gasteiger partial charge on any atom is 0.407 e. The molecule has 1 atom stereocenters. The Labute approximate surface area is 188 Å². The Morgan fingerprint density at radius 2 is 1.50 bits per heavy atom. The Kier molecular flexibility index (Phi) is 9.13. The zero-order valence-electron chi connectivity index (χ0n) is 18.7. The molecule has 0 bridgehead atoms. The molecule has 2 amide bonds. The lowest BCUT2D eigenvalue weighted by Crippen LogP contribution is -2.36. The summed E-state index contributed by atoms with van der Waals surface area (Å²) in [6, 6.07) is 14.6. The number of benzene rings is 2. The molecule has 0 aliphatic heterocycles. The van der Waals surface area contributed by atoms with Crippen LogP contribution < -0.4 is 10.6 Å². The highest BCUT2D eigenvalue weighted by Gasteiger charge is 2.16. The Morgan fingerprint density at radius 1 is 0.906 bits per heavy atom. The number of hydrogen-bond acceptors (Lipinski definition) is 5. The molecule has 0 aliphatic carbocycles. The average Bonchev–Trinajstić information content (AvgIpc) is 2.77. The molecule has 0 radical (unpaired) electrons. The van der Waals surface area contributed by atoms with Crippen LogP contribution in [0, 0.1) is 0 Å². The van der Waals surface area contributed by atoms with Gasteiger partial charge in [-0.25, -0.2) is 4.79 Å². The quantitative estimate of drug-likeness (QED) is 0.333. The Bertz CT molecular complexity index is 918. The molecule has 2 rings (SSSR count). The van der Waals surface area contributed by atoms with Crippen LogP contribution in [0.2, 0.25) is 0 Å². The van der Waals surface area contributed by atoms with Crippen LogP contribution in [-0.4, -0.2) is 42.3 Å². The first-order chi connectivity index (χ1) is 15.2. The van der Waals surface area contributed by atoms with Gasteiger partial charge in [-0.05, 0) is 52.2 Å². The lowest BCUT2D eigenvalue weighted by atomic mass is 10.0. The van der Waals surface area contributed by atoms with Crippen LogP contribution in [0.25, 0.3) is 0 Å². The molecule has 2 aromatic carbocycles. The van der Waals surface area contributed by atoms with Crippen molar-refractivity contribution in [2.75, 3.05) is 6.54 Å². The summed E-state index contributed by atoms with van der Waals surface area (Å²) in [6.45, 7) is 5.79. The third kappa shape index (κ3) is 8.34. The molecule has 2 N–H and O–H groups in total. The van der Waals surface area contributed by atoms with Crippen molar-refractivity contribution in [1.29, 1.82) is 0 Å². The second kappa shape index (κ2) is 11.8. The van der Waals surface area contributed by atoms with Crippen LogP contribution in [0.4, 0.5) is 4.79 Å². The van der Waals surface area contributed by atoms with E-state index in [1.807, 2.05) is 6.07 Å². The molecule has 0 spiro atoms. The van der Waals surface area contributed by atoms with E-state index in [0.29, 0.717) is 48.8 Å². The minimum atomic E-state index is -0.630. The second-order valence-electron chi connectivity index (χ2n) is 8.41. The summed E-state index contributed by atoms with van der Waals surface area (Å²) in [4.78, 5) is 47.8. The van der Waals surface area contributed by atoms with E-state index in [2.05, 4.69) is 10.6 Å². The van der Waals surface area contributed by atoms with Crippen molar-refractivity contribution in [1.82, 2.24) is 10.6 Å². The predicted molar refractivity (Wildman–Crippen MR) is 122 cm³/mol. The van der Waals surface area contributed by atoms with Crippen molar-refractivity contribution in [3.05, 3.63) is 71.3 Å². The fourth-order valence-corrected chi connectivity index (χ4v) is 2.95. The number of ketones is 1. The van der Waals surface area contributed by atoms with E-state index in [1.54, 1.807) is 69.3 Å². The average molecular weight is 439 g/mol. The molecule has 2 aromatic rings. The summed E-state index contributed by atoms with van der Waals surface area (Å²) in [6.07, 6.45) is 1.97. The van der Waals surface area contributed by atoms with Gasteiger partial charge in [-0.2, -0.15) is 0 Å². The van der Waals surface area contributed by atoms with Gasteiger partial charge < -0.3 is 20.2 Å². The number of aldehydes is 1. The van der Waals surface area contributed by atoms with Crippen LogP contribution >= 0.6 is 0 Å². The smallest absolute Gasteiger partial charge is 0.407 e. The number of rotatable bonds is 10. The topological polar surface area (TPSA) is 102 Å². The minimum Gasteiger partial charge on any atom is -0.444 e. The molecule has 0 saturated heterocycles. The summed E-state index contributed by atoms with van der Waals surface area (Å²) in [5, 5.41) is 5.35. The lowest BCUT2D eigenvalue weighted by molar-refractivity contribution is -0.109. The largest absolute Gasteiger partial charge is 0.444 e. The summed E-state index contributed by atoms with van der Waals surface area (Å²) < 4.78 is 5.15. The van der Waals surface area contributed by atoms with Crippen LogP contribution in [-0.2, 0) is 9.53 Å². The molecule has 32 heavy (non-hydrogen) atoms. The fraction of sp³-hybridized carbons (Fsp3) is 0.360. The van der Waals surface area contributed by atoms with E-state index in [0.717, 1.165) is 0 Å². The molecular formula is C25H30N2O5. The summed E-state index contributed by atoms with van der Waals surface area (Å²) in [7, 11) is 0. The maximum absolute atomic E-state index is 12.5.